The van der Waals surface area contributed by atoms with Gasteiger partial charge in [0.15, 0.2) is 0 Å². The van der Waals surface area contributed by atoms with Crippen molar-refractivity contribution in [3.63, 3.8) is 0 Å². The minimum absolute atomic E-state index is 0.787. The van der Waals surface area contributed by atoms with Gasteiger partial charge in [0.25, 0.3) is 0 Å². The molecule has 0 aliphatic rings. The summed E-state index contributed by atoms with van der Waals surface area (Å²) < 4.78 is 8.64. The molecule has 0 fully saturated rings. The molecule has 0 aliphatic carbocycles. The van der Waals surface area contributed by atoms with E-state index < -0.39 is 0 Å². The van der Waals surface area contributed by atoms with Crippen molar-refractivity contribution in [1.29, 1.82) is 0 Å². The van der Waals surface area contributed by atoms with Crippen LogP contribution >= 0.6 is 47.8 Å². The van der Waals surface area contributed by atoms with Crippen molar-refractivity contribution in [1.82, 2.24) is 0 Å². The monoisotopic (exact) mass is 404 g/mol. The Hall–Kier alpha value is -0.320. The third-order valence-electron chi connectivity index (χ3n) is 1.95. The fourth-order valence-corrected chi connectivity index (χ4v) is 2.70. The molecule has 0 atom stereocenters. The highest BCUT2D eigenvalue weighted by atomic mass is 79.9. The van der Waals surface area contributed by atoms with Crippen LogP contribution in [0, 0.1) is 0 Å². The molecular weight excluding hydrogens is 400 g/mol. The minimum atomic E-state index is 0.787. The molecule has 0 radical (unpaired) electrons. The Morgan fingerprint density at radius 3 is 2.12 bits per heavy atom. The largest absolute Gasteiger partial charge is 0.455 e. The summed E-state index contributed by atoms with van der Waals surface area (Å²) in [6.45, 7) is 0. The summed E-state index contributed by atoms with van der Waals surface area (Å²) in [4.78, 5) is 0. The van der Waals surface area contributed by atoms with Crippen LogP contribution in [0.4, 0.5) is 0 Å². The highest BCUT2D eigenvalue weighted by molar-refractivity contribution is 9.11. The average Bonchev–Trinajstić information content (AvgIpc) is 2.25. The summed E-state index contributed by atoms with van der Waals surface area (Å²) in [5.74, 6) is 1.58. The summed E-state index contributed by atoms with van der Waals surface area (Å²) in [5.41, 5.74) is 0. The van der Waals surface area contributed by atoms with Gasteiger partial charge < -0.3 is 4.74 Å². The molecule has 16 heavy (non-hydrogen) atoms. The smallest absolute Gasteiger partial charge is 0.141 e. The van der Waals surface area contributed by atoms with E-state index in [4.69, 9.17) is 4.74 Å². The van der Waals surface area contributed by atoms with Crippen LogP contribution in [0.15, 0.2) is 55.9 Å². The third-order valence-corrected chi connectivity index (χ3v) is 3.72. The highest BCUT2D eigenvalue weighted by Crippen LogP contribution is 2.34. The second kappa shape index (κ2) is 5.34. The summed E-state index contributed by atoms with van der Waals surface area (Å²) in [7, 11) is 0. The van der Waals surface area contributed by atoms with Crippen molar-refractivity contribution in [2.75, 3.05) is 0 Å². The summed E-state index contributed by atoms with van der Waals surface area (Å²) in [5, 5.41) is 0. The number of hydrogen-bond acceptors (Lipinski definition) is 1. The van der Waals surface area contributed by atoms with Crippen LogP contribution in [0.25, 0.3) is 0 Å². The molecule has 0 aliphatic heterocycles. The molecule has 1 nitrogen and oxygen atoms in total. The van der Waals surface area contributed by atoms with Crippen molar-refractivity contribution in [3.05, 3.63) is 55.9 Å². The van der Waals surface area contributed by atoms with Crippen molar-refractivity contribution in [2.45, 2.75) is 0 Å². The number of halogens is 3. The lowest BCUT2D eigenvalue weighted by Crippen LogP contribution is -1.86. The number of rotatable bonds is 2. The third kappa shape index (κ3) is 2.87. The van der Waals surface area contributed by atoms with E-state index in [0.717, 1.165) is 24.9 Å². The molecule has 0 saturated heterocycles. The van der Waals surface area contributed by atoms with Gasteiger partial charge >= 0.3 is 0 Å². The Morgan fingerprint density at radius 1 is 0.750 bits per heavy atom. The van der Waals surface area contributed by atoms with Crippen LogP contribution in [0.1, 0.15) is 0 Å². The summed E-state index contributed by atoms with van der Waals surface area (Å²) >= 11 is 10.3. The summed E-state index contributed by atoms with van der Waals surface area (Å²) in [6.07, 6.45) is 0. The standard InChI is InChI=1S/C12H7Br3O/c13-8-5-6-12(10(15)7-8)16-11-4-2-1-3-9(11)14/h1-7H. The molecule has 0 spiro atoms. The van der Waals surface area contributed by atoms with Crippen molar-refractivity contribution < 1.29 is 4.74 Å². The predicted octanol–water partition coefficient (Wildman–Crippen LogP) is 5.77. The average molecular weight is 407 g/mol. The Bertz CT molecular complexity index is 511. The van der Waals surface area contributed by atoms with E-state index in [1.165, 1.54) is 0 Å². The number of benzene rings is 2. The molecule has 0 saturated carbocycles. The maximum absolute atomic E-state index is 5.78. The minimum Gasteiger partial charge on any atom is -0.455 e. The molecule has 0 unspecified atom stereocenters. The zero-order valence-corrected chi connectivity index (χ0v) is 12.8. The van der Waals surface area contributed by atoms with Crippen molar-refractivity contribution in [2.24, 2.45) is 0 Å². The van der Waals surface area contributed by atoms with Gasteiger partial charge in [-0.05, 0) is 62.2 Å². The number of hydrogen-bond donors (Lipinski definition) is 0. The highest BCUT2D eigenvalue weighted by Gasteiger charge is 2.05. The van der Waals surface area contributed by atoms with Crippen LogP contribution in [-0.4, -0.2) is 0 Å². The van der Waals surface area contributed by atoms with Gasteiger partial charge in [-0.3, -0.25) is 0 Å². The van der Waals surface area contributed by atoms with Gasteiger partial charge in [0, 0.05) is 4.47 Å². The van der Waals surface area contributed by atoms with Crippen LogP contribution in [0.2, 0.25) is 0 Å². The van der Waals surface area contributed by atoms with Gasteiger partial charge in [-0.25, -0.2) is 0 Å². The topological polar surface area (TPSA) is 9.23 Å². The van der Waals surface area contributed by atoms with Crippen molar-refractivity contribution >= 4 is 47.8 Å². The van der Waals surface area contributed by atoms with Gasteiger partial charge in [-0.15, -0.1) is 0 Å². The quantitative estimate of drug-likeness (QED) is 0.615. The molecule has 0 bridgehead atoms. The first-order chi connectivity index (χ1) is 7.66. The normalized spacial score (nSPS) is 10.2. The first-order valence-electron chi connectivity index (χ1n) is 4.54. The number of para-hydroxylation sites is 1. The molecule has 2 aromatic rings. The van der Waals surface area contributed by atoms with Gasteiger partial charge in [0.05, 0.1) is 8.95 Å². The lowest BCUT2D eigenvalue weighted by Gasteiger charge is -2.09. The Balaban J connectivity index is 2.31. The van der Waals surface area contributed by atoms with E-state index in [1.54, 1.807) is 0 Å². The first-order valence-corrected chi connectivity index (χ1v) is 6.92. The van der Waals surface area contributed by atoms with Crippen LogP contribution in [-0.2, 0) is 0 Å². The van der Waals surface area contributed by atoms with Gasteiger partial charge in [0.1, 0.15) is 11.5 Å². The lowest BCUT2D eigenvalue weighted by molar-refractivity contribution is 0.476. The zero-order valence-electron chi connectivity index (χ0n) is 8.08. The number of ether oxygens (including phenoxy) is 1. The second-order valence-corrected chi connectivity index (χ2v) is 5.73. The van der Waals surface area contributed by atoms with Crippen LogP contribution in [0.5, 0.6) is 11.5 Å². The fraction of sp³-hybridized carbons (Fsp3) is 0. The van der Waals surface area contributed by atoms with Crippen molar-refractivity contribution in [3.8, 4) is 11.5 Å². The second-order valence-electron chi connectivity index (χ2n) is 3.11. The molecule has 0 aromatic heterocycles. The first kappa shape index (κ1) is 12.1. The molecule has 0 heterocycles. The Morgan fingerprint density at radius 2 is 1.44 bits per heavy atom. The molecule has 0 amide bonds. The van der Waals surface area contributed by atoms with E-state index in [0.29, 0.717) is 0 Å². The van der Waals surface area contributed by atoms with E-state index in [1.807, 2.05) is 42.5 Å². The van der Waals surface area contributed by atoms with E-state index in [9.17, 15) is 0 Å². The van der Waals surface area contributed by atoms with E-state index >= 15 is 0 Å². The van der Waals surface area contributed by atoms with E-state index in [2.05, 4.69) is 47.8 Å². The molecule has 82 valence electrons. The van der Waals surface area contributed by atoms with Gasteiger partial charge in [-0.1, -0.05) is 28.1 Å². The Kier molecular flexibility index (Phi) is 4.05. The zero-order chi connectivity index (χ0) is 11.5. The maximum Gasteiger partial charge on any atom is 0.141 e. The molecule has 0 N–H and O–H groups in total. The van der Waals surface area contributed by atoms with E-state index in [-0.39, 0.29) is 0 Å². The van der Waals surface area contributed by atoms with Crippen LogP contribution < -0.4 is 4.74 Å². The molecule has 2 aromatic carbocycles. The maximum atomic E-state index is 5.78. The SMILES string of the molecule is Brc1ccc(Oc2ccccc2Br)c(Br)c1. The fourth-order valence-electron chi connectivity index (χ4n) is 1.20. The summed E-state index contributed by atoms with van der Waals surface area (Å²) in [6, 6.07) is 13.6. The molecule has 2 rings (SSSR count). The predicted molar refractivity (Wildman–Crippen MR) is 76.1 cm³/mol. The van der Waals surface area contributed by atoms with Gasteiger partial charge in [0.2, 0.25) is 0 Å². The molecular formula is C12H7Br3O. The lowest BCUT2D eigenvalue weighted by atomic mass is 10.3. The van der Waals surface area contributed by atoms with Crippen LogP contribution in [0.3, 0.4) is 0 Å². The molecule has 4 heteroatoms. The van der Waals surface area contributed by atoms with Gasteiger partial charge in [-0.2, -0.15) is 0 Å². The Labute approximate surface area is 119 Å².